The van der Waals surface area contributed by atoms with Crippen molar-refractivity contribution in [3.05, 3.63) is 35.6 Å². The van der Waals surface area contributed by atoms with Gasteiger partial charge in [0.05, 0.1) is 5.41 Å². The monoisotopic (exact) mass is 277 g/mol. The average Bonchev–Trinajstić information content (AvgIpc) is 3.09. The minimum absolute atomic E-state index is 0.0264. The van der Waals surface area contributed by atoms with E-state index >= 15 is 0 Å². The smallest absolute Gasteiger partial charge is 0.230 e. The van der Waals surface area contributed by atoms with Crippen molar-refractivity contribution in [2.24, 2.45) is 5.92 Å². The average molecular weight is 277 g/mol. The van der Waals surface area contributed by atoms with Crippen LogP contribution in [0, 0.1) is 11.7 Å². The Morgan fingerprint density at radius 1 is 1.40 bits per heavy atom. The molecule has 4 heteroatoms. The molecule has 1 aliphatic heterocycles. The first-order chi connectivity index (χ1) is 9.72. The van der Waals surface area contributed by atoms with E-state index in [0.29, 0.717) is 18.0 Å². The zero-order chi connectivity index (χ0) is 14.0. The Labute approximate surface area is 118 Å². The van der Waals surface area contributed by atoms with Crippen LogP contribution in [0.4, 0.5) is 4.39 Å². The molecule has 20 heavy (non-hydrogen) atoms. The number of hydrogen-bond donors (Lipinski definition) is 1. The lowest BCUT2D eigenvalue weighted by Gasteiger charge is -2.17. The van der Waals surface area contributed by atoms with Crippen LogP contribution in [0.5, 0.6) is 0 Å². The fourth-order valence-electron chi connectivity index (χ4n) is 2.96. The van der Waals surface area contributed by atoms with Gasteiger partial charge in [0.2, 0.25) is 5.91 Å². The quantitative estimate of drug-likeness (QED) is 0.897. The third-order valence-electron chi connectivity index (χ3n) is 4.44. The molecule has 0 aromatic heterocycles. The Morgan fingerprint density at radius 3 is 2.85 bits per heavy atom. The highest BCUT2D eigenvalue weighted by molar-refractivity contribution is 5.91. The van der Waals surface area contributed by atoms with E-state index in [1.54, 1.807) is 18.2 Å². The Bertz CT molecular complexity index is 493. The minimum Gasteiger partial charge on any atom is -0.381 e. The standard InChI is InChI=1S/C16H20FNO2/c17-14-4-2-1-3-13(14)16(7-8-16)15(19)18-9-5-12-6-10-20-11-12/h1-4,12H,5-11H2,(H,18,19)/t12-/m1/s1. The normalized spacial score (nSPS) is 23.6. The number of carbonyl (C=O) groups is 1. The number of amides is 1. The highest BCUT2D eigenvalue weighted by atomic mass is 19.1. The maximum Gasteiger partial charge on any atom is 0.230 e. The van der Waals surface area contributed by atoms with Crippen molar-refractivity contribution in [2.45, 2.75) is 31.1 Å². The van der Waals surface area contributed by atoms with Crippen LogP contribution in [-0.2, 0) is 14.9 Å². The number of ether oxygens (including phenoxy) is 1. The number of rotatable bonds is 5. The third kappa shape index (κ3) is 2.57. The first-order valence-corrected chi connectivity index (χ1v) is 7.33. The predicted molar refractivity (Wildman–Crippen MR) is 73.9 cm³/mol. The molecule has 3 rings (SSSR count). The lowest BCUT2D eigenvalue weighted by molar-refractivity contribution is -0.123. The van der Waals surface area contributed by atoms with E-state index in [1.807, 2.05) is 0 Å². The molecule has 2 aliphatic rings. The fourth-order valence-corrected chi connectivity index (χ4v) is 2.96. The Balaban J connectivity index is 1.58. The molecule has 1 heterocycles. The van der Waals surface area contributed by atoms with Crippen molar-refractivity contribution < 1.29 is 13.9 Å². The predicted octanol–water partition coefficient (Wildman–Crippen LogP) is 2.40. The van der Waals surface area contributed by atoms with E-state index in [4.69, 9.17) is 4.74 Å². The zero-order valence-electron chi connectivity index (χ0n) is 11.5. The van der Waals surface area contributed by atoms with Gasteiger partial charge in [-0.1, -0.05) is 18.2 Å². The van der Waals surface area contributed by atoms with Gasteiger partial charge in [-0.05, 0) is 37.7 Å². The number of benzene rings is 1. The summed E-state index contributed by atoms with van der Waals surface area (Å²) in [5.41, 5.74) is -0.0703. The summed E-state index contributed by atoms with van der Waals surface area (Å²) in [7, 11) is 0. The second-order valence-corrected chi connectivity index (χ2v) is 5.84. The van der Waals surface area contributed by atoms with Gasteiger partial charge in [0.15, 0.2) is 0 Å². The maximum atomic E-state index is 13.9. The van der Waals surface area contributed by atoms with Gasteiger partial charge in [-0.3, -0.25) is 4.79 Å². The molecule has 0 unspecified atom stereocenters. The second kappa shape index (κ2) is 5.52. The van der Waals surface area contributed by atoms with Gasteiger partial charge < -0.3 is 10.1 Å². The minimum atomic E-state index is -0.614. The molecule has 1 aliphatic carbocycles. The molecule has 1 atom stereocenters. The third-order valence-corrected chi connectivity index (χ3v) is 4.44. The highest BCUT2D eigenvalue weighted by Crippen LogP contribution is 2.49. The topological polar surface area (TPSA) is 38.3 Å². The largest absolute Gasteiger partial charge is 0.381 e. The van der Waals surface area contributed by atoms with Crippen molar-refractivity contribution in [3.8, 4) is 0 Å². The van der Waals surface area contributed by atoms with Gasteiger partial charge in [0.1, 0.15) is 5.82 Å². The van der Waals surface area contributed by atoms with Crippen LogP contribution in [0.1, 0.15) is 31.2 Å². The molecule has 0 radical (unpaired) electrons. The van der Waals surface area contributed by atoms with Crippen molar-refractivity contribution in [2.75, 3.05) is 19.8 Å². The van der Waals surface area contributed by atoms with Crippen LogP contribution < -0.4 is 5.32 Å². The van der Waals surface area contributed by atoms with E-state index in [0.717, 1.165) is 38.9 Å². The highest BCUT2D eigenvalue weighted by Gasteiger charge is 2.52. The molecule has 1 saturated heterocycles. The maximum absolute atomic E-state index is 13.9. The number of carbonyl (C=O) groups excluding carboxylic acids is 1. The SMILES string of the molecule is O=C(NCC[C@@H]1CCOC1)C1(c2ccccc2F)CC1. The molecule has 0 spiro atoms. The molecular formula is C16H20FNO2. The van der Waals surface area contributed by atoms with Gasteiger partial charge in [-0.2, -0.15) is 0 Å². The molecule has 108 valence electrons. The van der Waals surface area contributed by atoms with Crippen LogP contribution in [0.15, 0.2) is 24.3 Å². The molecular weight excluding hydrogens is 257 g/mol. The first-order valence-electron chi connectivity index (χ1n) is 7.33. The van der Waals surface area contributed by atoms with E-state index in [2.05, 4.69) is 5.32 Å². The first kappa shape index (κ1) is 13.6. The van der Waals surface area contributed by atoms with E-state index in [9.17, 15) is 9.18 Å². The summed E-state index contributed by atoms with van der Waals surface area (Å²) in [4.78, 5) is 12.3. The summed E-state index contributed by atoms with van der Waals surface area (Å²) < 4.78 is 19.2. The molecule has 3 nitrogen and oxygen atoms in total. The summed E-state index contributed by atoms with van der Waals surface area (Å²) in [6.07, 6.45) is 3.51. The lowest BCUT2D eigenvalue weighted by atomic mass is 9.94. The van der Waals surface area contributed by atoms with E-state index < -0.39 is 5.41 Å². The van der Waals surface area contributed by atoms with Crippen molar-refractivity contribution in [1.82, 2.24) is 5.32 Å². The number of halogens is 1. The van der Waals surface area contributed by atoms with Crippen molar-refractivity contribution >= 4 is 5.91 Å². The van der Waals surface area contributed by atoms with Gasteiger partial charge in [-0.15, -0.1) is 0 Å². The second-order valence-electron chi connectivity index (χ2n) is 5.84. The van der Waals surface area contributed by atoms with Crippen molar-refractivity contribution in [1.29, 1.82) is 0 Å². The molecule has 1 saturated carbocycles. The molecule has 0 bridgehead atoms. The molecule has 1 aromatic carbocycles. The Kier molecular flexibility index (Phi) is 3.74. The summed E-state index contributed by atoms with van der Waals surface area (Å²) in [6, 6.07) is 6.61. The molecule has 1 aromatic rings. The van der Waals surface area contributed by atoms with Gasteiger partial charge in [0, 0.05) is 25.3 Å². The molecule has 2 fully saturated rings. The van der Waals surface area contributed by atoms with Crippen molar-refractivity contribution in [3.63, 3.8) is 0 Å². The van der Waals surface area contributed by atoms with E-state index in [1.165, 1.54) is 6.07 Å². The van der Waals surface area contributed by atoms with Crippen LogP contribution in [0.3, 0.4) is 0 Å². The van der Waals surface area contributed by atoms with Crippen LogP contribution >= 0.6 is 0 Å². The lowest BCUT2D eigenvalue weighted by Crippen LogP contribution is -2.36. The fraction of sp³-hybridized carbons (Fsp3) is 0.562. The number of nitrogens with one attached hydrogen (secondary N) is 1. The van der Waals surface area contributed by atoms with Crippen LogP contribution in [-0.4, -0.2) is 25.7 Å². The Morgan fingerprint density at radius 2 is 2.20 bits per heavy atom. The molecule has 1 N–H and O–H groups in total. The van der Waals surface area contributed by atoms with Gasteiger partial charge in [0.25, 0.3) is 0 Å². The molecule has 1 amide bonds. The summed E-state index contributed by atoms with van der Waals surface area (Å²) >= 11 is 0. The Hall–Kier alpha value is -1.42. The van der Waals surface area contributed by atoms with Gasteiger partial charge in [-0.25, -0.2) is 4.39 Å². The summed E-state index contributed by atoms with van der Waals surface area (Å²) in [5, 5.41) is 2.98. The zero-order valence-corrected chi connectivity index (χ0v) is 11.5. The van der Waals surface area contributed by atoms with Crippen LogP contribution in [0.25, 0.3) is 0 Å². The number of hydrogen-bond acceptors (Lipinski definition) is 2. The van der Waals surface area contributed by atoms with Crippen LogP contribution in [0.2, 0.25) is 0 Å². The summed E-state index contributed by atoms with van der Waals surface area (Å²) in [6.45, 7) is 2.29. The summed E-state index contributed by atoms with van der Waals surface area (Å²) in [5.74, 6) is 0.254. The van der Waals surface area contributed by atoms with Gasteiger partial charge >= 0.3 is 0 Å². The van der Waals surface area contributed by atoms with E-state index in [-0.39, 0.29) is 11.7 Å².